The number of rotatable bonds is 6. The minimum Gasteiger partial charge on any atom is -0.339 e. The standard InChI is InChI=1S/C23H35N3O2/c1-17(19-7-6-14-24-16-19)15-22(27)25-20-12-10-18(11-13-20)23(28)26(2)21-8-4-3-5-9-21/h10-13,17,19,21,24H,3-9,14-16H2,1-2H3,(H,25,27). The molecule has 5 nitrogen and oxygen atoms in total. The number of nitrogens with zero attached hydrogens (tertiary/aromatic N) is 1. The third-order valence-electron chi connectivity index (χ3n) is 6.51. The van der Waals surface area contributed by atoms with Crippen LogP contribution in [0.3, 0.4) is 0 Å². The van der Waals surface area contributed by atoms with Crippen LogP contribution in [0, 0.1) is 11.8 Å². The average Bonchev–Trinajstić information content (AvgIpc) is 2.74. The maximum atomic E-state index is 12.7. The lowest BCUT2D eigenvalue weighted by Gasteiger charge is -2.31. The van der Waals surface area contributed by atoms with Gasteiger partial charge in [0.1, 0.15) is 0 Å². The Balaban J connectivity index is 1.50. The van der Waals surface area contributed by atoms with Crippen LogP contribution in [0.2, 0.25) is 0 Å². The third kappa shape index (κ3) is 5.57. The molecule has 2 N–H and O–H groups in total. The molecule has 154 valence electrons. The van der Waals surface area contributed by atoms with Crippen LogP contribution in [0.4, 0.5) is 5.69 Å². The Bertz CT molecular complexity index is 646. The van der Waals surface area contributed by atoms with Gasteiger partial charge in [0.25, 0.3) is 5.91 Å². The fourth-order valence-corrected chi connectivity index (χ4v) is 4.57. The molecular weight excluding hydrogens is 350 g/mol. The summed E-state index contributed by atoms with van der Waals surface area (Å²) in [7, 11) is 1.91. The number of nitrogens with one attached hydrogen (secondary N) is 2. The summed E-state index contributed by atoms with van der Waals surface area (Å²) < 4.78 is 0. The van der Waals surface area contributed by atoms with Crippen molar-refractivity contribution >= 4 is 17.5 Å². The van der Waals surface area contributed by atoms with Crippen LogP contribution >= 0.6 is 0 Å². The zero-order valence-corrected chi connectivity index (χ0v) is 17.4. The molecule has 1 saturated carbocycles. The van der Waals surface area contributed by atoms with E-state index in [2.05, 4.69) is 17.6 Å². The third-order valence-corrected chi connectivity index (χ3v) is 6.51. The van der Waals surface area contributed by atoms with E-state index in [0.29, 0.717) is 29.9 Å². The minimum atomic E-state index is 0.0523. The number of amides is 2. The first-order valence-electron chi connectivity index (χ1n) is 10.9. The van der Waals surface area contributed by atoms with E-state index in [1.54, 1.807) is 0 Å². The van der Waals surface area contributed by atoms with E-state index in [9.17, 15) is 9.59 Å². The average molecular weight is 386 g/mol. The van der Waals surface area contributed by atoms with E-state index in [0.717, 1.165) is 31.6 Å². The number of piperidine rings is 1. The molecule has 1 aliphatic carbocycles. The Morgan fingerprint density at radius 3 is 2.46 bits per heavy atom. The molecule has 1 heterocycles. The monoisotopic (exact) mass is 385 g/mol. The van der Waals surface area contributed by atoms with Gasteiger partial charge in [0.15, 0.2) is 0 Å². The Morgan fingerprint density at radius 1 is 1.11 bits per heavy atom. The van der Waals surface area contributed by atoms with Crippen molar-refractivity contribution in [2.45, 2.75) is 64.3 Å². The smallest absolute Gasteiger partial charge is 0.253 e. The summed E-state index contributed by atoms with van der Waals surface area (Å²) in [6, 6.07) is 7.69. The Labute approximate surface area is 169 Å². The summed E-state index contributed by atoms with van der Waals surface area (Å²) in [5.41, 5.74) is 1.45. The lowest BCUT2D eigenvalue weighted by molar-refractivity contribution is -0.117. The van der Waals surface area contributed by atoms with Crippen LogP contribution in [-0.2, 0) is 4.79 Å². The Morgan fingerprint density at radius 2 is 1.82 bits per heavy atom. The van der Waals surface area contributed by atoms with E-state index >= 15 is 0 Å². The van der Waals surface area contributed by atoms with Crippen molar-refractivity contribution in [3.05, 3.63) is 29.8 Å². The van der Waals surface area contributed by atoms with Crippen molar-refractivity contribution in [3.8, 4) is 0 Å². The van der Waals surface area contributed by atoms with Gasteiger partial charge in [0, 0.05) is 30.8 Å². The molecule has 0 bridgehead atoms. The first kappa shape index (κ1) is 20.8. The summed E-state index contributed by atoms with van der Waals surface area (Å²) >= 11 is 0. The van der Waals surface area contributed by atoms with Crippen molar-refractivity contribution < 1.29 is 9.59 Å². The minimum absolute atomic E-state index is 0.0523. The number of hydrogen-bond donors (Lipinski definition) is 2. The molecule has 3 rings (SSSR count). The number of carbonyl (C=O) groups excluding carboxylic acids is 2. The highest BCUT2D eigenvalue weighted by atomic mass is 16.2. The van der Waals surface area contributed by atoms with Gasteiger partial charge in [-0.2, -0.15) is 0 Å². The first-order valence-corrected chi connectivity index (χ1v) is 10.9. The maximum Gasteiger partial charge on any atom is 0.253 e. The second-order valence-electron chi connectivity index (χ2n) is 8.62. The molecular formula is C23H35N3O2. The van der Waals surface area contributed by atoms with Crippen LogP contribution in [0.5, 0.6) is 0 Å². The number of anilines is 1. The van der Waals surface area contributed by atoms with Crippen molar-refractivity contribution in [2.75, 3.05) is 25.5 Å². The van der Waals surface area contributed by atoms with Crippen molar-refractivity contribution in [3.63, 3.8) is 0 Å². The lowest BCUT2D eigenvalue weighted by Crippen LogP contribution is -2.38. The molecule has 1 aromatic rings. The van der Waals surface area contributed by atoms with Crippen LogP contribution < -0.4 is 10.6 Å². The normalized spacial score (nSPS) is 21.7. The number of benzene rings is 1. The van der Waals surface area contributed by atoms with Crippen molar-refractivity contribution in [1.29, 1.82) is 0 Å². The molecule has 0 spiro atoms. The van der Waals surface area contributed by atoms with Gasteiger partial charge in [0.2, 0.25) is 5.91 Å². The van der Waals surface area contributed by atoms with E-state index in [-0.39, 0.29) is 11.8 Å². The first-order chi connectivity index (χ1) is 13.5. The van der Waals surface area contributed by atoms with E-state index in [1.165, 1.54) is 32.1 Å². The van der Waals surface area contributed by atoms with Crippen molar-refractivity contribution in [2.24, 2.45) is 11.8 Å². The summed E-state index contributed by atoms with van der Waals surface area (Å²) in [6.07, 6.45) is 8.84. The zero-order chi connectivity index (χ0) is 19.9. The molecule has 2 aliphatic rings. The quantitative estimate of drug-likeness (QED) is 0.776. The van der Waals surface area contributed by atoms with Gasteiger partial charge in [-0.05, 0) is 74.9 Å². The fraction of sp³-hybridized carbons (Fsp3) is 0.652. The predicted octanol–water partition coefficient (Wildman–Crippen LogP) is 4.06. The molecule has 0 radical (unpaired) electrons. The molecule has 5 heteroatoms. The second kappa shape index (κ2) is 10.1. The molecule has 1 saturated heterocycles. The number of carbonyl (C=O) groups is 2. The van der Waals surface area contributed by atoms with E-state index in [1.807, 2.05) is 36.2 Å². The van der Waals surface area contributed by atoms with Gasteiger partial charge in [-0.25, -0.2) is 0 Å². The van der Waals surface area contributed by atoms with Gasteiger partial charge in [-0.1, -0.05) is 26.2 Å². The molecule has 0 aromatic heterocycles. The summed E-state index contributed by atoms with van der Waals surface area (Å²) in [4.78, 5) is 27.0. The van der Waals surface area contributed by atoms with Gasteiger partial charge in [-0.3, -0.25) is 9.59 Å². The maximum absolute atomic E-state index is 12.7. The van der Waals surface area contributed by atoms with Gasteiger partial charge in [0.05, 0.1) is 0 Å². The van der Waals surface area contributed by atoms with Gasteiger partial charge in [-0.15, -0.1) is 0 Å². The molecule has 1 aliphatic heterocycles. The fourth-order valence-electron chi connectivity index (χ4n) is 4.57. The SMILES string of the molecule is CC(CC(=O)Nc1ccc(C(=O)N(C)C2CCCCC2)cc1)C1CCCNC1. The topological polar surface area (TPSA) is 61.4 Å². The van der Waals surface area contributed by atoms with Gasteiger partial charge >= 0.3 is 0 Å². The lowest BCUT2D eigenvalue weighted by atomic mass is 9.85. The van der Waals surface area contributed by atoms with E-state index in [4.69, 9.17) is 0 Å². The highest BCUT2D eigenvalue weighted by molar-refractivity contribution is 5.95. The highest BCUT2D eigenvalue weighted by Crippen LogP contribution is 2.24. The van der Waals surface area contributed by atoms with Crippen LogP contribution in [0.1, 0.15) is 68.6 Å². The van der Waals surface area contributed by atoms with Crippen LogP contribution in [0.25, 0.3) is 0 Å². The molecule has 2 atom stereocenters. The van der Waals surface area contributed by atoms with Crippen molar-refractivity contribution in [1.82, 2.24) is 10.2 Å². The van der Waals surface area contributed by atoms with Crippen LogP contribution in [-0.4, -0.2) is 42.9 Å². The summed E-state index contributed by atoms with van der Waals surface area (Å²) in [5.74, 6) is 1.08. The molecule has 2 fully saturated rings. The Hall–Kier alpha value is -1.88. The summed E-state index contributed by atoms with van der Waals surface area (Å²) in [6.45, 7) is 4.27. The largest absolute Gasteiger partial charge is 0.339 e. The zero-order valence-electron chi connectivity index (χ0n) is 17.4. The predicted molar refractivity (Wildman–Crippen MR) is 113 cm³/mol. The summed E-state index contributed by atoms with van der Waals surface area (Å²) in [5, 5.41) is 6.41. The van der Waals surface area contributed by atoms with Gasteiger partial charge < -0.3 is 15.5 Å². The molecule has 2 unspecified atom stereocenters. The Kier molecular flexibility index (Phi) is 7.49. The molecule has 1 aromatic carbocycles. The van der Waals surface area contributed by atoms with E-state index < -0.39 is 0 Å². The highest BCUT2D eigenvalue weighted by Gasteiger charge is 2.24. The number of hydrogen-bond acceptors (Lipinski definition) is 3. The second-order valence-corrected chi connectivity index (χ2v) is 8.62. The molecule has 2 amide bonds. The molecule has 28 heavy (non-hydrogen) atoms. The van der Waals surface area contributed by atoms with Crippen LogP contribution in [0.15, 0.2) is 24.3 Å².